The molecule has 0 aliphatic carbocycles. The van der Waals surface area contributed by atoms with Crippen molar-refractivity contribution in [2.24, 2.45) is 5.10 Å². The molecule has 0 spiro atoms. The minimum atomic E-state index is -0.366. The van der Waals surface area contributed by atoms with E-state index in [4.69, 9.17) is 23.4 Å². The smallest absolute Gasteiger partial charge is 0.296 e. The van der Waals surface area contributed by atoms with Gasteiger partial charge >= 0.3 is 5.69 Å². The molecule has 2 N–H and O–H groups in total. The Balaban J connectivity index is 0.000000267. The van der Waals surface area contributed by atoms with Gasteiger partial charge in [0.05, 0.1) is 29.4 Å². The predicted octanol–water partition coefficient (Wildman–Crippen LogP) is -0.190. The van der Waals surface area contributed by atoms with E-state index in [1.54, 1.807) is 0 Å². The number of aromatic amines is 1. The second-order valence-electron chi connectivity index (χ2n) is 2.14. The Morgan fingerprint density at radius 3 is 2.50 bits per heavy atom. The van der Waals surface area contributed by atoms with Crippen molar-refractivity contribution in [1.29, 1.82) is 0 Å². The molecule has 0 saturated carbocycles. The van der Waals surface area contributed by atoms with Crippen molar-refractivity contribution < 1.29 is 0 Å². The van der Waals surface area contributed by atoms with Crippen molar-refractivity contribution >= 4 is 59.1 Å². The van der Waals surface area contributed by atoms with Gasteiger partial charge in [-0.05, 0) is 0 Å². The fourth-order valence-corrected chi connectivity index (χ4v) is 0.725. The molecule has 2 heterocycles. The third kappa shape index (κ3) is 6.81. The number of hydrazone groups is 1. The first-order valence-electron chi connectivity index (χ1n) is 3.65. The molecule has 1 radical (unpaired) electrons. The molecule has 7 nitrogen and oxygen atoms in total. The van der Waals surface area contributed by atoms with E-state index in [0.717, 1.165) is 4.64 Å². The summed E-state index contributed by atoms with van der Waals surface area (Å²) in [5, 5.41) is 4.10. The number of allylic oxidation sites excluding steroid dienone is 1. The molecular weight excluding hydrogens is 266 g/mol. The van der Waals surface area contributed by atoms with Gasteiger partial charge in [0.15, 0.2) is 0 Å². The van der Waals surface area contributed by atoms with Crippen molar-refractivity contribution in [2.45, 2.75) is 0 Å². The van der Waals surface area contributed by atoms with Crippen LogP contribution in [0, 0.1) is 0 Å². The minimum Gasteiger partial charge on any atom is -0.296 e. The number of hydrazine groups is 1. The standard InChI is InChI=1S/C3H3Cl2N3.C3H3N3O.Na/c4-3-1-6-8(5)7-2-3;7-3-5-1-4-2-6-3;/h1-2,6H;1-2H,(H,4,5,6,7);. The molecule has 16 heavy (non-hydrogen) atoms. The van der Waals surface area contributed by atoms with E-state index in [1.807, 2.05) is 0 Å². The van der Waals surface area contributed by atoms with Crippen LogP contribution in [0.4, 0.5) is 0 Å². The average Bonchev–Trinajstić information content (AvgIpc) is 2.25. The van der Waals surface area contributed by atoms with Gasteiger partial charge in [-0.3, -0.25) is 10.4 Å². The summed E-state index contributed by atoms with van der Waals surface area (Å²) >= 11 is 10.7. The Morgan fingerprint density at radius 1 is 1.44 bits per heavy atom. The maximum atomic E-state index is 10.1. The first-order chi connectivity index (χ1) is 7.18. The third-order valence-corrected chi connectivity index (χ3v) is 1.49. The van der Waals surface area contributed by atoms with Gasteiger partial charge in [-0.25, -0.2) is 9.78 Å². The zero-order valence-corrected chi connectivity index (χ0v) is 11.8. The molecule has 81 valence electrons. The fraction of sp³-hybridized carbons (Fsp3) is 0. The fourth-order valence-electron chi connectivity index (χ4n) is 0.540. The summed E-state index contributed by atoms with van der Waals surface area (Å²) in [7, 11) is 0. The second kappa shape index (κ2) is 8.54. The van der Waals surface area contributed by atoms with Crippen LogP contribution in [0.3, 0.4) is 0 Å². The van der Waals surface area contributed by atoms with E-state index in [2.05, 4.69) is 25.5 Å². The van der Waals surface area contributed by atoms with E-state index < -0.39 is 0 Å². The SMILES string of the molecule is ClC1=CNN(Cl)N=C1.O=c1ncnc[nH]1.[Na]. The second-order valence-corrected chi connectivity index (χ2v) is 2.89. The van der Waals surface area contributed by atoms with Gasteiger partial charge < -0.3 is 0 Å². The minimum absolute atomic E-state index is 0. The molecule has 2 rings (SSSR count). The summed E-state index contributed by atoms with van der Waals surface area (Å²) < 4.78 is 1.03. The number of hydrogen-bond donors (Lipinski definition) is 2. The molecule has 0 saturated heterocycles. The normalized spacial score (nSPS) is 12.6. The van der Waals surface area contributed by atoms with Gasteiger partial charge in [0.2, 0.25) is 0 Å². The van der Waals surface area contributed by atoms with E-state index in [-0.39, 0.29) is 35.2 Å². The molecule has 0 aromatic carbocycles. The number of nitrogens with one attached hydrogen (secondary N) is 2. The van der Waals surface area contributed by atoms with Gasteiger partial charge in [0.25, 0.3) is 0 Å². The van der Waals surface area contributed by atoms with Gasteiger partial charge in [0, 0.05) is 35.8 Å². The molecule has 0 fully saturated rings. The number of rotatable bonds is 0. The largest absolute Gasteiger partial charge is 0.347 e. The molecule has 1 aliphatic heterocycles. The van der Waals surface area contributed by atoms with Gasteiger partial charge in [-0.1, -0.05) is 11.6 Å². The first kappa shape index (κ1) is 15.4. The topological polar surface area (TPSA) is 86.3 Å². The summed E-state index contributed by atoms with van der Waals surface area (Å²) in [5.41, 5.74) is 2.17. The van der Waals surface area contributed by atoms with Crippen LogP contribution < -0.4 is 11.1 Å². The van der Waals surface area contributed by atoms with Crippen LogP contribution in [0.1, 0.15) is 0 Å². The molecule has 1 aliphatic rings. The molecule has 0 bridgehead atoms. The first-order valence-corrected chi connectivity index (χ1v) is 4.36. The van der Waals surface area contributed by atoms with Gasteiger partial charge in [0.1, 0.15) is 6.33 Å². The molecule has 10 heteroatoms. The van der Waals surface area contributed by atoms with Crippen molar-refractivity contribution in [3.8, 4) is 0 Å². The monoisotopic (exact) mass is 271 g/mol. The summed E-state index contributed by atoms with van der Waals surface area (Å²) in [4.78, 5) is 19.1. The van der Waals surface area contributed by atoms with Crippen LogP contribution in [-0.2, 0) is 0 Å². The Morgan fingerprint density at radius 2 is 2.19 bits per heavy atom. The van der Waals surface area contributed by atoms with E-state index in [9.17, 15) is 4.79 Å². The molecule has 0 amide bonds. The summed E-state index contributed by atoms with van der Waals surface area (Å²) in [6.07, 6.45) is 5.45. The van der Waals surface area contributed by atoms with Gasteiger partial charge in [-0.15, -0.1) is 9.74 Å². The Bertz CT molecular complexity index is 404. The van der Waals surface area contributed by atoms with E-state index in [0.29, 0.717) is 5.03 Å². The van der Waals surface area contributed by atoms with Crippen LogP contribution >= 0.6 is 23.4 Å². The molecule has 1 aromatic heterocycles. The summed E-state index contributed by atoms with van der Waals surface area (Å²) in [6, 6.07) is 0. The number of aromatic nitrogens is 3. The number of hydrogen-bond acceptors (Lipinski definition) is 6. The van der Waals surface area contributed by atoms with Crippen molar-refractivity contribution in [3.05, 3.63) is 34.4 Å². The van der Waals surface area contributed by atoms with E-state index in [1.165, 1.54) is 25.1 Å². The number of nitrogens with zero attached hydrogens (tertiary/aromatic N) is 4. The number of H-pyrrole nitrogens is 1. The van der Waals surface area contributed by atoms with Crippen LogP contribution in [0.15, 0.2) is 33.8 Å². The number of halogens is 2. The van der Waals surface area contributed by atoms with Gasteiger partial charge in [-0.2, -0.15) is 4.98 Å². The molecule has 0 unspecified atom stereocenters. The van der Waals surface area contributed by atoms with E-state index >= 15 is 0 Å². The molecule has 1 aromatic rings. The Kier molecular flexibility index (Phi) is 8.22. The quantitative estimate of drug-likeness (QED) is 0.505. The third-order valence-electron chi connectivity index (χ3n) is 1.10. The molecule has 0 atom stereocenters. The van der Waals surface area contributed by atoms with Crippen LogP contribution in [0.5, 0.6) is 0 Å². The van der Waals surface area contributed by atoms with Crippen LogP contribution in [0.2, 0.25) is 0 Å². The zero-order chi connectivity index (χ0) is 11.1. The zero-order valence-electron chi connectivity index (χ0n) is 8.26. The van der Waals surface area contributed by atoms with Crippen LogP contribution in [0.25, 0.3) is 0 Å². The predicted molar refractivity (Wildman–Crippen MR) is 61.7 cm³/mol. The van der Waals surface area contributed by atoms with Crippen molar-refractivity contribution in [3.63, 3.8) is 0 Å². The summed E-state index contributed by atoms with van der Waals surface area (Å²) in [6.45, 7) is 0. The molecular formula is C6H6Cl2N6NaO. The Hall–Kier alpha value is -0.600. The summed E-state index contributed by atoms with van der Waals surface area (Å²) in [5.74, 6) is 0. The maximum absolute atomic E-state index is 10.1. The average molecular weight is 272 g/mol. The Labute approximate surface area is 123 Å². The van der Waals surface area contributed by atoms with Crippen LogP contribution in [-0.4, -0.2) is 55.4 Å². The van der Waals surface area contributed by atoms with Crippen molar-refractivity contribution in [2.75, 3.05) is 0 Å². The van der Waals surface area contributed by atoms with Crippen molar-refractivity contribution in [1.82, 2.24) is 25.0 Å². The maximum Gasteiger partial charge on any atom is 0.347 e.